The van der Waals surface area contributed by atoms with Crippen LogP contribution in [0.4, 0.5) is 0 Å². The predicted molar refractivity (Wildman–Crippen MR) is 404 cm³/mol. The van der Waals surface area contributed by atoms with E-state index in [1.807, 2.05) is 0 Å². The van der Waals surface area contributed by atoms with Crippen molar-refractivity contribution in [1.29, 1.82) is 0 Å². The Bertz CT molecular complexity index is 7100. The molecule has 0 fully saturated rings. The normalized spacial score (nSPS) is 23.2. The summed E-state index contributed by atoms with van der Waals surface area (Å²) < 4.78 is 4.84. The fourth-order valence-corrected chi connectivity index (χ4v) is 23.7. The van der Waals surface area contributed by atoms with E-state index in [4.69, 9.17) is 0 Å². The first-order chi connectivity index (χ1) is 50.8. The summed E-state index contributed by atoms with van der Waals surface area (Å²) in [4.78, 5) is 47.8. The second kappa shape index (κ2) is 17.7. The lowest BCUT2D eigenvalue weighted by Gasteiger charge is -2.64. The Morgan fingerprint density at radius 1 is 0.252 bits per heavy atom. The van der Waals surface area contributed by atoms with E-state index in [9.17, 15) is 5.11 Å². The number of aliphatic hydroxyl groups excluding tert-OH is 1. The Balaban J connectivity index is 0.774. The largest absolute Gasteiger partial charge is 0.387 e. The molecule has 6 nitrogen and oxygen atoms in total. The molecule has 0 radical (unpaired) electrons. The van der Waals surface area contributed by atoms with Crippen molar-refractivity contribution in [3.63, 3.8) is 0 Å². The van der Waals surface area contributed by atoms with Gasteiger partial charge >= 0.3 is 0 Å². The third kappa shape index (κ3) is 5.83. The Hall–Kier alpha value is -12.4. The average molecular weight is 1310 g/mol. The lowest BCUT2D eigenvalue weighted by molar-refractivity contribution is 0.0846. The van der Waals surface area contributed by atoms with Gasteiger partial charge in [0.25, 0.3) is 0 Å². The van der Waals surface area contributed by atoms with Crippen LogP contribution in [0.1, 0.15) is 201 Å². The van der Waals surface area contributed by atoms with Crippen LogP contribution in [0.15, 0.2) is 267 Å². The van der Waals surface area contributed by atoms with Gasteiger partial charge in [-0.15, -0.1) is 0 Å². The Morgan fingerprint density at radius 2 is 0.553 bits per heavy atom. The van der Waals surface area contributed by atoms with Crippen LogP contribution in [-0.2, 0) is 5.41 Å². The van der Waals surface area contributed by atoms with Crippen molar-refractivity contribution in [3.8, 4) is 11.1 Å². The quantitative estimate of drug-likeness (QED) is 0.178. The van der Waals surface area contributed by atoms with Crippen LogP contribution in [-0.4, -0.2) is 31.3 Å². The number of ketones is 3. The van der Waals surface area contributed by atoms with Gasteiger partial charge in [0.2, 0.25) is 0 Å². The van der Waals surface area contributed by atoms with E-state index >= 15 is 14.4 Å². The molecule has 6 bridgehead atoms. The molecule has 14 aromatic carbocycles. The number of carbonyl (C=O) groups is 3. The van der Waals surface area contributed by atoms with Crippen molar-refractivity contribution in [2.45, 2.75) is 58.9 Å². The molecule has 1 spiro atoms. The van der Waals surface area contributed by atoms with Crippen molar-refractivity contribution in [2.24, 2.45) is 0 Å². The van der Waals surface area contributed by atoms with Crippen LogP contribution in [0, 0.1) is 0 Å². The minimum Gasteiger partial charge on any atom is -0.387 e. The van der Waals surface area contributed by atoms with Crippen molar-refractivity contribution in [1.82, 2.24) is 8.80 Å². The number of aromatic nitrogens is 2. The first kappa shape index (κ1) is 53.5. The molecule has 30 rings (SSSR count). The number of hydrogen-bond donors (Lipinski definition) is 1. The van der Waals surface area contributed by atoms with Gasteiger partial charge in [-0.05, 0) is 201 Å². The number of rotatable bonds is 1. The number of benzene rings is 14. The summed E-state index contributed by atoms with van der Waals surface area (Å²) in [5, 5.41) is 22.0. The molecule has 4 aromatic heterocycles. The predicted octanol–water partition coefficient (Wildman–Crippen LogP) is 20.7. The summed E-state index contributed by atoms with van der Waals surface area (Å²) in [6.07, 6.45) is -0.825. The number of nitrogens with zero attached hydrogens (tertiary/aromatic N) is 2. The molecular weight excluding hydrogens is 1260 g/mol. The zero-order valence-corrected chi connectivity index (χ0v) is 55.2. The lowest BCUT2D eigenvalue weighted by Crippen LogP contribution is -2.61. The number of Topliss-reactive ketones (excluding diaryl/α,β-unsaturated/α-hetero) is 3. The number of fused-ring (bicyclic) bond motifs is 18. The molecule has 12 aliphatic rings. The molecular formula is C97H54N2O4. The lowest BCUT2D eigenvalue weighted by atomic mass is 9.36. The van der Waals surface area contributed by atoms with E-state index in [0.29, 0.717) is 0 Å². The molecule has 0 aliphatic heterocycles. The standard InChI is InChI=1S/C97H54N2O4/c100-93-73-41-79-61(37-65(73)83-47-17-1-7-23-53(47)86(93)54-24-8-2-18-48(54)83)69-33-45(34-70-62-38-66-74(42-80(62)98(79)91(69)70)94(101)87-55-25-9-3-19-49(55)84(66)50-20-4-10-26-56(50)87)46-35-71-63-39-67-75(95(102)88-57-27-11-5-21-51(57)85(67)52-22-6-12-28-58(52)88)43-81(63)99-82-44-76-68(40-64(82)72(36-46)92(71)99)89-59-29-13-15-31-77(59)97(89)78-32-16-14-30-60(78)90(97)96(76)103/h1-44,83-90,93,100H. The molecule has 12 aliphatic carbocycles. The van der Waals surface area contributed by atoms with E-state index in [0.717, 1.165) is 160 Å². The highest BCUT2D eigenvalue weighted by Gasteiger charge is 2.69. The summed E-state index contributed by atoms with van der Waals surface area (Å²) in [5.41, 5.74) is 33.9. The van der Waals surface area contributed by atoms with Crippen LogP contribution in [0.5, 0.6) is 0 Å². The third-order valence-electron chi connectivity index (χ3n) is 27.4. The highest BCUT2D eigenvalue weighted by Crippen LogP contribution is 2.74. The maximum Gasteiger partial charge on any atom is 0.175 e. The van der Waals surface area contributed by atoms with Gasteiger partial charge in [0.1, 0.15) is 0 Å². The highest BCUT2D eigenvalue weighted by atomic mass is 16.3. The van der Waals surface area contributed by atoms with Gasteiger partial charge in [-0.2, -0.15) is 0 Å². The molecule has 0 saturated carbocycles. The zero-order valence-electron chi connectivity index (χ0n) is 55.2. The van der Waals surface area contributed by atoms with Crippen molar-refractivity contribution in [3.05, 3.63) is 400 Å². The third-order valence-corrected chi connectivity index (χ3v) is 27.4. The Kier molecular flexibility index (Phi) is 9.19. The number of hydrogen-bond acceptors (Lipinski definition) is 4. The fraction of sp³-hybridized carbons (Fsp3) is 0.103. The van der Waals surface area contributed by atoms with Gasteiger partial charge in [0.05, 0.1) is 57.0 Å². The summed E-state index contributed by atoms with van der Waals surface area (Å²) in [6.45, 7) is 0. The molecule has 4 heterocycles. The van der Waals surface area contributed by atoms with Gasteiger partial charge < -0.3 is 13.9 Å². The van der Waals surface area contributed by atoms with Gasteiger partial charge in [0.15, 0.2) is 17.3 Å². The van der Waals surface area contributed by atoms with Gasteiger partial charge in [0, 0.05) is 94.8 Å². The summed E-state index contributed by atoms with van der Waals surface area (Å²) in [6, 6.07) is 97.7. The summed E-state index contributed by atoms with van der Waals surface area (Å²) in [5.74, 6) is -1.46. The van der Waals surface area contributed by atoms with Crippen LogP contribution in [0.2, 0.25) is 0 Å². The first-order valence-corrected chi connectivity index (χ1v) is 36.5. The fourth-order valence-electron chi connectivity index (χ4n) is 23.7. The van der Waals surface area contributed by atoms with Crippen molar-refractivity contribution in [2.75, 3.05) is 0 Å². The van der Waals surface area contributed by atoms with Gasteiger partial charge in [-0.25, -0.2) is 0 Å². The highest BCUT2D eigenvalue weighted by molar-refractivity contribution is 6.29. The second-order valence-electron chi connectivity index (χ2n) is 31.2. The molecule has 476 valence electrons. The van der Waals surface area contributed by atoms with E-state index in [-0.39, 0.29) is 52.9 Å². The summed E-state index contributed by atoms with van der Waals surface area (Å²) in [7, 11) is 0. The summed E-state index contributed by atoms with van der Waals surface area (Å²) >= 11 is 0. The molecule has 18 aromatic rings. The van der Waals surface area contributed by atoms with Crippen LogP contribution >= 0.6 is 0 Å². The number of aliphatic hydroxyl groups is 1. The molecule has 6 heteroatoms. The van der Waals surface area contributed by atoms with Crippen LogP contribution < -0.4 is 0 Å². The number of carbonyl (C=O) groups excluding carboxylic acids is 3. The first-order valence-electron chi connectivity index (χ1n) is 36.5. The van der Waals surface area contributed by atoms with E-state index in [1.165, 1.54) is 61.2 Å². The van der Waals surface area contributed by atoms with Gasteiger partial charge in [-0.1, -0.05) is 194 Å². The molecule has 4 atom stereocenters. The molecule has 0 amide bonds. The van der Waals surface area contributed by atoms with Crippen LogP contribution in [0.25, 0.3) is 87.3 Å². The van der Waals surface area contributed by atoms with E-state index < -0.39 is 23.4 Å². The maximum atomic E-state index is 15.9. The van der Waals surface area contributed by atoms with E-state index in [2.05, 4.69) is 276 Å². The monoisotopic (exact) mass is 1310 g/mol. The Morgan fingerprint density at radius 3 is 0.961 bits per heavy atom. The Labute approximate surface area is 588 Å². The second-order valence-corrected chi connectivity index (χ2v) is 31.2. The molecule has 103 heavy (non-hydrogen) atoms. The average Bonchev–Trinajstić information content (AvgIpc) is 1.10. The molecule has 4 unspecified atom stereocenters. The SMILES string of the molecule is O=C1c2cc3c(cc2C2c4ccccc4C1c1ccccc12)c1cc(-c2cc4c5cc6c(cc5n5c7cc8c(cc7c(c2)c45)C2c4ccccc4C(c4ccccc42)C8O)C(=O)C2c4ccccc4C6c4ccccc42)cc2c4cc5c(cc4n3c12)C(=O)C1c2ccccc2C12c1ccccc1C52. The smallest absolute Gasteiger partial charge is 0.175 e. The zero-order chi connectivity index (χ0) is 66.8. The minimum absolute atomic E-state index is 0.0104. The molecule has 0 saturated heterocycles. The maximum absolute atomic E-state index is 15.9. The van der Waals surface area contributed by atoms with Crippen LogP contribution in [0.3, 0.4) is 0 Å². The minimum atomic E-state index is -0.825. The van der Waals surface area contributed by atoms with Crippen molar-refractivity contribution < 1.29 is 19.5 Å². The topological polar surface area (TPSA) is 80.3 Å². The van der Waals surface area contributed by atoms with E-state index in [1.54, 1.807) is 0 Å². The van der Waals surface area contributed by atoms with Crippen molar-refractivity contribution >= 4 is 93.5 Å². The van der Waals surface area contributed by atoms with Gasteiger partial charge in [-0.3, -0.25) is 14.4 Å². The molecule has 1 N–H and O–H groups in total.